The highest BCUT2D eigenvalue weighted by atomic mass is 28.3. The molecule has 162 valence electrons. The van der Waals surface area contributed by atoms with Crippen molar-refractivity contribution in [3.05, 3.63) is 125 Å². The van der Waals surface area contributed by atoms with Crippen LogP contribution < -0.4 is 5.19 Å². The van der Waals surface area contributed by atoms with Gasteiger partial charge in [0.2, 0.25) is 0 Å². The molecule has 1 aromatic rings. The Hall–Kier alpha value is -2.64. The third-order valence-corrected chi connectivity index (χ3v) is 11.5. The van der Waals surface area contributed by atoms with Crippen LogP contribution in [0.3, 0.4) is 0 Å². The van der Waals surface area contributed by atoms with E-state index < -0.39 is 8.80 Å². The summed E-state index contributed by atoms with van der Waals surface area (Å²) in [6, 6.07) is 11.4. The Kier molecular flexibility index (Phi) is 6.02. The molecule has 1 heteroatoms. The van der Waals surface area contributed by atoms with E-state index in [2.05, 4.69) is 111 Å². The largest absolute Gasteiger partial charge is 0.0841 e. The first kappa shape index (κ1) is 21.2. The Morgan fingerprint density at radius 1 is 0.750 bits per heavy atom. The predicted molar refractivity (Wildman–Crippen MR) is 142 cm³/mol. The Bertz CT molecular complexity index is 1070. The molecule has 0 nitrogen and oxygen atoms in total. The summed E-state index contributed by atoms with van der Waals surface area (Å²) >= 11 is 0. The third-order valence-electron chi connectivity index (χ3n) is 8.05. The maximum absolute atomic E-state index is 2.58. The van der Waals surface area contributed by atoms with Crippen molar-refractivity contribution >= 4 is 14.0 Å². The van der Waals surface area contributed by atoms with E-state index in [1.54, 1.807) is 33.1 Å². The number of benzene rings is 1. The maximum atomic E-state index is 2.58. The molecule has 0 aliphatic heterocycles. The van der Waals surface area contributed by atoms with E-state index in [9.17, 15) is 0 Å². The summed E-state index contributed by atoms with van der Waals surface area (Å²) in [5, 5.41) is 1.58. The Morgan fingerprint density at radius 2 is 1.34 bits per heavy atom. The fraction of sp³-hybridized carbons (Fsp3) is 0.290. The summed E-state index contributed by atoms with van der Waals surface area (Å²) < 4.78 is 0. The molecule has 0 saturated heterocycles. The summed E-state index contributed by atoms with van der Waals surface area (Å²) in [6.07, 6.45) is 31.4. The molecule has 0 fully saturated rings. The highest BCUT2D eigenvalue weighted by molar-refractivity contribution is 6.73. The first-order valence-electron chi connectivity index (χ1n) is 12.2. The molecule has 2 atom stereocenters. The van der Waals surface area contributed by atoms with E-state index in [0.29, 0.717) is 5.54 Å². The van der Waals surface area contributed by atoms with Crippen molar-refractivity contribution < 1.29 is 0 Å². The fourth-order valence-electron chi connectivity index (χ4n) is 6.37. The minimum absolute atomic E-state index is 0.0202. The van der Waals surface area contributed by atoms with E-state index >= 15 is 0 Å². The molecule has 1 aromatic carbocycles. The zero-order valence-electron chi connectivity index (χ0n) is 19.4. The molecule has 0 aromatic heterocycles. The normalized spacial score (nSPS) is 21.2. The monoisotopic (exact) mass is 434 g/mol. The smallest absolute Gasteiger partial charge is 0.0720 e. The summed E-state index contributed by atoms with van der Waals surface area (Å²) in [6.45, 7) is 5.16. The molecule has 0 heterocycles. The number of allylic oxidation sites excluding steroid dienone is 16. The second-order valence-corrected chi connectivity index (χ2v) is 12.9. The van der Waals surface area contributed by atoms with E-state index in [4.69, 9.17) is 0 Å². The molecular weight excluding hydrogens is 400 g/mol. The molecule has 4 aliphatic rings. The lowest BCUT2D eigenvalue weighted by molar-refractivity contribution is 0.471. The van der Waals surface area contributed by atoms with Crippen molar-refractivity contribution in [3.63, 3.8) is 0 Å². The van der Waals surface area contributed by atoms with Gasteiger partial charge in [0, 0.05) is 5.41 Å². The fourth-order valence-corrected chi connectivity index (χ4v) is 9.12. The molecular formula is C31H34Si. The van der Waals surface area contributed by atoms with Crippen LogP contribution in [0.1, 0.15) is 39.0 Å². The molecule has 0 bridgehead atoms. The Balaban J connectivity index is 1.75. The van der Waals surface area contributed by atoms with Gasteiger partial charge in [0.15, 0.2) is 0 Å². The number of hydrogen-bond acceptors (Lipinski definition) is 0. The van der Waals surface area contributed by atoms with Crippen LogP contribution >= 0.6 is 0 Å². The molecule has 5 rings (SSSR count). The average Bonchev–Trinajstić information content (AvgIpc) is 3.65. The standard InChI is InChI=1S/C31H34Si/c1-24(32(2)29-22-4-3-5-23-29)31(27-18-10-11-19-27,28-20-12-13-21-28)30(25-14-6-7-15-25)26-16-8-9-17-26/h3-14,18,20,22-24,32H,15-17,19,21H2,1-2H3. The lowest BCUT2D eigenvalue weighted by Crippen LogP contribution is -2.44. The number of hydrogen-bond donors (Lipinski definition) is 0. The average molecular weight is 435 g/mol. The second kappa shape index (κ2) is 9.08. The summed E-state index contributed by atoms with van der Waals surface area (Å²) in [7, 11) is -1.27. The van der Waals surface area contributed by atoms with E-state index in [0.717, 1.165) is 32.1 Å². The van der Waals surface area contributed by atoms with Gasteiger partial charge in [-0.1, -0.05) is 133 Å². The maximum Gasteiger partial charge on any atom is 0.0720 e. The Labute approximate surface area is 195 Å². The van der Waals surface area contributed by atoms with Gasteiger partial charge in [0.05, 0.1) is 8.80 Å². The third kappa shape index (κ3) is 3.53. The summed E-state index contributed by atoms with van der Waals surface area (Å²) in [5.41, 5.74) is 8.61. The van der Waals surface area contributed by atoms with E-state index in [1.807, 2.05) is 0 Å². The zero-order chi connectivity index (χ0) is 22.0. The van der Waals surface area contributed by atoms with Crippen LogP contribution in [0.25, 0.3) is 0 Å². The van der Waals surface area contributed by atoms with Crippen LogP contribution in [-0.2, 0) is 0 Å². The minimum Gasteiger partial charge on any atom is -0.0841 e. The van der Waals surface area contributed by atoms with Gasteiger partial charge in [0.25, 0.3) is 0 Å². The van der Waals surface area contributed by atoms with Crippen molar-refractivity contribution in [3.8, 4) is 0 Å². The van der Waals surface area contributed by atoms with Gasteiger partial charge in [-0.3, -0.25) is 0 Å². The molecule has 2 unspecified atom stereocenters. The van der Waals surface area contributed by atoms with Gasteiger partial charge < -0.3 is 0 Å². The zero-order valence-corrected chi connectivity index (χ0v) is 20.6. The van der Waals surface area contributed by atoms with Crippen molar-refractivity contribution in [1.29, 1.82) is 0 Å². The van der Waals surface area contributed by atoms with Crippen molar-refractivity contribution in [2.45, 2.75) is 51.1 Å². The first-order valence-corrected chi connectivity index (χ1v) is 14.6. The van der Waals surface area contributed by atoms with Gasteiger partial charge in [-0.15, -0.1) is 0 Å². The van der Waals surface area contributed by atoms with Crippen molar-refractivity contribution in [2.75, 3.05) is 0 Å². The van der Waals surface area contributed by atoms with Crippen LogP contribution in [0.4, 0.5) is 0 Å². The van der Waals surface area contributed by atoms with Crippen LogP contribution in [-0.4, -0.2) is 8.80 Å². The van der Waals surface area contributed by atoms with Gasteiger partial charge in [-0.25, -0.2) is 0 Å². The van der Waals surface area contributed by atoms with Crippen molar-refractivity contribution in [1.82, 2.24) is 0 Å². The topological polar surface area (TPSA) is 0 Å². The molecule has 0 spiro atoms. The van der Waals surface area contributed by atoms with Crippen LogP contribution in [0.5, 0.6) is 0 Å². The highest BCUT2D eigenvalue weighted by Crippen LogP contribution is 2.60. The van der Waals surface area contributed by atoms with Crippen LogP contribution in [0, 0.1) is 5.41 Å². The molecule has 0 radical (unpaired) electrons. The van der Waals surface area contributed by atoms with Gasteiger partial charge in [-0.2, -0.15) is 0 Å². The Morgan fingerprint density at radius 3 is 1.88 bits per heavy atom. The lowest BCUT2D eigenvalue weighted by Gasteiger charge is -2.48. The molecule has 0 amide bonds. The quantitative estimate of drug-likeness (QED) is 0.309. The summed E-state index contributed by atoms with van der Waals surface area (Å²) in [4.78, 5) is 0. The molecule has 32 heavy (non-hydrogen) atoms. The molecule has 4 aliphatic carbocycles. The van der Waals surface area contributed by atoms with Crippen molar-refractivity contribution in [2.24, 2.45) is 5.41 Å². The first-order chi connectivity index (χ1) is 15.7. The van der Waals surface area contributed by atoms with E-state index in [1.165, 1.54) is 0 Å². The van der Waals surface area contributed by atoms with Crippen LogP contribution in [0.2, 0.25) is 12.1 Å². The van der Waals surface area contributed by atoms with Gasteiger partial charge >= 0.3 is 0 Å². The van der Waals surface area contributed by atoms with Crippen LogP contribution in [0.15, 0.2) is 125 Å². The van der Waals surface area contributed by atoms with E-state index in [-0.39, 0.29) is 5.41 Å². The van der Waals surface area contributed by atoms with Gasteiger partial charge in [-0.05, 0) is 48.8 Å². The SMILES string of the molecule is CC([SiH](C)c1ccccc1)C(C1=CC=CC1)(C1=CC=CC1)C(C1=CC=CC1)=C1CC=CC1. The van der Waals surface area contributed by atoms with Gasteiger partial charge in [0.1, 0.15) is 0 Å². The lowest BCUT2D eigenvalue weighted by atomic mass is 9.61. The molecule has 0 N–H and O–H groups in total. The summed E-state index contributed by atoms with van der Waals surface area (Å²) in [5.74, 6) is 0. The molecule has 0 saturated carbocycles. The number of rotatable bonds is 7. The second-order valence-electron chi connectivity index (χ2n) is 9.63. The predicted octanol–water partition coefficient (Wildman–Crippen LogP) is 7.43. The highest BCUT2D eigenvalue weighted by Gasteiger charge is 2.49. The minimum atomic E-state index is -1.27.